The van der Waals surface area contributed by atoms with Gasteiger partial charge in [-0.2, -0.15) is 5.26 Å². The number of furan rings is 2. The normalized spacial score (nSPS) is 11.4. The largest absolute Gasteiger partial charge is 0.454 e. The van der Waals surface area contributed by atoms with Gasteiger partial charge in [-0.3, -0.25) is 0 Å². The lowest BCUT2D eigenvalue weighted by molar-refractivity contribution is 0.668. The summed E-state index contributed by atoms with van der Waals surface area (Å²) in [5.41, 5.74) is 13.8. The van der Waals surface area contributed by atoms with Gasteiger partial charge in [0.25, 0.3) is 0 Å². The van der Waals surface area contributed by atoms with E-state index in [0.29, 0.717) is 11.3 Å². The van der Waals surface area contributed by atoms with E-state index < -0.39 is 0 Å². The molecule has 0 amide bonds. The number of nitriles is 1. The van der Waals surface area contributed by atoms with Crippen LogP contribution >= 0.6 is 0 Å². The fourth-order valence-electron chi connectivity index (χ4n) is 10.4. The van der Waals surface area contributed by atoms with Crippen LogP contribution in [0.25, 0.3) is 92.5 Å². The Bertz CT molecular complexity index is 4010. The maximum Gasteiger partial charge on any atom is 0.189 e. The van der Waals surface area contributed by atoms with Gasteiger partial charge >= 0.3 is 0 Å². The molecule has 326 valence electrons. The average molecular weight is 895 g/mol. The first-order valence-corrected chi connectivity index (χ1v) is 23.2. The molecule has 0 radical (unpaired) electrons. The molecule has 70 heavy (non-hydrogen) atoms. The third kappa shape index (κ3) is 6.55. The Labute approximate surface area is 403 Å². The Balaban J connectivity index is 1.11. The van der Waals surface area contributed by atoms with Crippen molar-refractivity contribution in [1.29, 1.82) is 5.26 Å². The molecule has 11 aromatic carbocycles. The van der Waals surface area contributed by atoms with Crippen molar-refractivity contribution in [2.75, 3.05) is 9.80 Å². The lowest BCUT2D eigenvalue weighted by Crippen LogP contribution is -2.11. The van der Waals surface area contributed by atoms with E-state index in [0.717, 1.165) is 122 Å². The molecule has 0 aliphatic heterocycles. The Kier molecular flexibility index (Phi) is 9.50. The summed E-state index contributed by atoms with van der Waals surface area (Å²) in [6.07, 6.45) is 0. The number of hydrogen-bond donors (Lipinski definition) is 0. The molecule has 0 fully saturated rings. The maximum atomic E-state index is 10.2. The van der Waals surface area contributed by atoms with E-state index in [-0.39, 0.29) is 0 Å². The minimum Gasteiger partial charge on any atom is -0.454 e. The van der Waals surface area contributed by atoms with Gasteiger partial charge in [0.05, 0.1) is 29.6 Å². The van der Waals surface area contributed by atoms with Crippen LogP contribution in [0.5, 0.6) is 0 Å². The molecule has 6 nitrogen and oxygen atoms in total. The van der Waals surface area contributed by atoms with E-state index in [9.17, 15) is 5.26 Å². The summed E-state index contributed by atoms with van der Waals surface area (Å²) in [6.45, 7) is 7.99. The van der Waals surface area contributed by atoms with Gasteiger partial charge in [0.2, 0.25) is 0 Å². The summed E-state index contributed by atoms with van der Waals surface area (Å²) in [6, 6.07) is 81.4. The van der Waals surface area contributed by atoms with Gasteiger partial charge < -0.3 is 18.6 Å². The van der Waals surface area contributed by atoms with E-state index in [1.54, 1.807) is 0 Å². The Hall–Kier alpha value is -9.88. The minimum absolute atomic E-state index is 0.545. The second-order valence-corrected chi connectivity index (χ2v) is 17.4. The Morgan fingerprint density at radius 2 is 0.814 bits per heavy atom. The predicted molar refractivity (Wildman–Crippen MR) is 287 cm³/mol. The topological polar surface area (TPSA) is 60.9 Å². The van der Waals surface area contributed by atoms with Gasteiger partial charge in [0.15, 0.2) is 16.9 Å². The Morgan fingerprint density at radius 3 is 1.33 bits per heavy atom. The van der Waals surface area contributed by atoms with Crippen molar-refractivity contribution in [3.05, 3.63) is 248 Å². The number of benzene rings is 11. The summed E-state index contributed by atoms with van der Waals surface area (Å²) in [5.74, 6) is 0. The molecule has 0 spiro atoms. The molecule has 2 heterocycles. The standard InChI is InChI=1S/C64H38N4O2/c1-66-44-21-13-23-46(37-44)68(58-29-15-27-54-50-25-9-11-31-60(50)70-64(54)58)48-33-35-52-56(39-48)62(43-19-6-3-7-20-43)51-34-32-47(38-55(51)61(52)42-17-4-2-5-18-42)67(45-22-12-16-41(36-45)40-65)57-28-14-26-53-49-24-8-10-30-59(49)69-63(53)57/h2-39H. The van der Waals surface area contributed by atoms with Crippen LogP contribution in [0, 0.1) is 17.9 Å². The number of rotatable bonds is 8. The zero-order valence-electron chi connectivity index (χ0n) is 37.5. The van der Waals surface area contributed by atoms with Gasteiger partial charge in [-0.05, 0) is 123 Å². The van der Waals surface area contributed by atoms with E-state index in [1.807, 2.05) is 78.9 Å². The number of hydrogen-bond acceptors (Lipinski definition) is 5. The highest BCUT2D eigenvalue weighted by Crippen LogP contribution is 2.50. The first-order valence-electron chi connectivity index (χ1n) is 23.2. The number of anilines is 6. The minimum atomic E-state index is 0.545. The van der Waals surface area contributed by atoms with Crippen molar-refractivity contribution in [2.45, 2.75) is 0 Å². The summed E-state index contributed by atoms with van der Waals surface area (Å²) in [5, 5.41) is 18.6. The molecule has 0 N–H and O–H groups in total. The van der Waals surface area contributed by atoms with Gasteiger partial charge in [-0.15, -0.1) is 0 Å². The van der Waals surface area contributed by atoms with Gasteiger partial charge in [0, 0.05) is 44.3 Å². The molecule has 0 bridgehead atoms. The Morgan fingerprint density at radius 1 is 0.371 bits per heavy atom. The van der Waals surface area contributed by atoms with Crippen molar-refractivity contribution in [2.24, 2.45) is 0 Å². The second-order valence-electron chi connectivity index (χ2n) is 17.4. The van der Waals surface area contributed by atoms with Gasteiger partial charge in [-0.1, -0.05) is 152 Å². The summed E-state index contributed by atoms with van der Waals surface area (Å²) < 4.78 is 13.4. The van der Waals surface area contributed by atoms with E-state index in [2.05, 4.69) is 172 Å². The maximum absolute atomic E-state index is 10.2. The van der Waals surface area contributed by atoms with E-state index in [1.165, 1.54) is 0 Å². The van der Waals surface area contributed by atoms with Crippen molar-refractivity contribution in [1.82, 2.24) is 0 Å². The zero-order chi connectivity index (χ0) is 46.7. The van der Waals surface area contributed by atoms with Crippen LogP contribution in [0.15, 0.2) is 239 Å². The summed E-state index contributed by atoms with van der Waals surface area (Å²) in [4.78, 5) is 8.28. The lowest BCUT2D eigenvalue weighted by atomic mass is 9.85. The van der Waals surface area contributed by atoms with Crippen LogP contribution < -0.4 is 9.80 Å². The first-order chi connectivity index (χ1) is 34.6. The third-order valence-corrected chi connectivity index (χ3v) is 13.4. The molecule has 13 aromatic rings. The molecule has 0 aliphatic rings. The quantitative estimate of drug-likeness (QED) is 0.112. The van der Waals surface area contributed by atoms with Crippen LogP contribution in [-0.2, 0) is 0 Å². The van der Waals surface area contributed by atoms with Crippen LogP contribution in [0.3, 0.4) is 0 Å². The van der Waals surface area contributed by atoms with Gasteiger partial charge in [-0.25, -0.2) is 4.85 Å². The number of fused-ring (bicyclic) bond motifs is 8. The zero-order valence-corrected chi connectivity index (χ0v) is 37.5. The molecule has 2 aromatic heterocycles. The summed E-state index contributed by atoms with van der Waals surface area (Å²) >= 11 is 0. The average Bonchev–Trinajstić information content (AvgIpc) is 4.01. The molecule has 0 unspecified atom stereocenters. The molecule has 0 saturated carbocycles. The molecule has 0 aliphatic carbocycles. The van der Waals surface area contributed by atoms with Crippen molar-refractivity contribution in [3.63, 3.8) is 0 Å². The van der Waals surface area contributed by atoms with Gasteiger partial charge in [0.1, 0.15) is 11.2 Å². The highest BCUT2D eigenvalue weighted by Gasteiger charge is 2.25. The SMILES string of the molecule is [C-]#[N+]c1cccc(N(c2ccc3c(-c4ccccc4)c4cc(N(c5cccc(C#N)c5)c5cccc6c5oc5ccccc56)ccc4c(-c4ccccc4)c3c2)c2cccc3c2oc2ccccc23)c1. The molecular formula is C64H38N4O2. The first kappa shape index (κ1) is 40.4. The molecule has 6 heteroatoms. The third-order valence-electron chi connectivity index (χ3n) is 13.4. The van der Waals surface area contributed by atoms with Crippen molar-refractivity contribution < 1.29 is 8.83 Å². The lowest BCUT2D eigenvalue weighted by Gasteiger charge is -2.28. The monoisotopic (exact) mass is 894 g/mol. The van der Waals surface area contributed by atoms with Crippen molar-refractivity contribution in [3.8, 4) is 28.3 Å². The fourth-order valence-corrected chi connectivity index (χ4v) is 10.4. The highest BCUT2D eigenvalue weighted by molar-refractivity contribution is 6.23. The van der Waals surface area contributed by atoms with Crippen LogP contribution in [0.4, 0.5) is 39.8 Å². The van der Waals surface area contributed by atoms with Crippen molar-refractivity contribution >= 4 is 105 Å². The molecule has 0 saturated heterocycles. The predicted octanol–water partition coefficient (Wildman–Crippen LogP) is 18.5. The molecular weight excluding hydrogens is 857 g/mol. The number of nitrogens with zero attached hydrogens (tertiary/aromatic N) is 4. The van der Waals surface area contributed by atoms with Crippen LogP contribution in [-0.4, -0.2) is 0 Å². The van der Waals surface area contributed by atoms with E-state index >= 15 is 0 Å². The summed E-state index contributed by atoms with van der Waals surface area (Å²) in [7, 11) is 0. The fraction of sp³-hybridized carbons (Fsp3) is 0. The van der Waals surface area contributed by atoms with E-state index in [4.69, 9.17) is 15.4 Å². The number of para-hydroxylation sites is 4. The smallest absolute Gasteiger partial charge is 0.189 e. The van der Waals surface area contributed by atoms with Crippen LogP contribution in [0.1, 0.15) is 5.56 Å². The molecule has 13 rings (SSSR count). The second kappa shape index (κ2) is 16.5. The van der Waals surface area contributed by atoms with Crippen LogP contribution in [0.2, 0.25) is 0 Å². The highest BCUT2D eigenvalue weighted by atomic mass is 16.3. The molecule has 0 atom stereocenters.